The summed E-state index contributed by atoms with van der Waals surface area (Å²) < 4.78 is 0. The number of hydrogen-bond donors (Lipinski definition) is 3. The number of benzene rings is 3. The molecule has 0 aromatic heterocycles. The quantitative estimate of drug-likeness (QED) is 0.227. The Labute approximate surface area is 224 Å². The molecule has 0 bridgehead atoms. The fourth-order valence-corrected chi connectivity index (χ4v) is 4.94. The van der Waals surface area contributed by atoms with Crippen LogP contribution in [-0.2, 0) is 16.0 Å². The number of nitrogens with zero attached hydrogens (tertiary/aromatic N) is 1. The van der Waals surface area contributed by atoms with Crippen LogP contribution in [0.2, 0.25) is 0 Å². The van der Waals surface area contributed by atoms with E-state index in [4.69, 9.17) is 5.21 Å². The minimum atomic E-state index is -0.427. The summed E-state index contributed by atoms with van der Waals surface area (Å²) in [6, 6.07) is 26.1. The summed E-state index contributed by atoms with van der Waals surface area (Å²) in [5, 5.41) is 11.8. The Bertz CT molecular complexity index is 1180. The second kappa shape index (κ2) is 12.5. The third-order valence-corrected chi connectivity index (χ3v) is 6.30. The van der Waals surface area contributed by atoms with Gasteiger partial charge in [-0.25, -0.2) is 5.48 Å². The Balaban J connectivity index is 1.62. The number of para-hydroxylation sites is 2. The van der Waals surface area contributed by atoms with E-state index in [9.17, 15) is 14.4 Å². The van der Waals surface area contributed by atoms with E-state index in [0.29, 0.717) is 18.5 Å². The summed E-state index contributed by atoms with van der Waals surface area (Å²) in [5.41, 5.74) is 3.99. The van der Waals surface area contributed by atoms with Gasteiger partial charge in [0.15, 0.2) is 0 Å². The normalized spacial score (nSPS) is 11.5. The van der Waals surface area contributed by atoms with Crippen LogP contribution in [0.25, 0.3) is 0 Å². The number of amides is 3. The zero-order valence-electron chi connectivity index (χ0n) is 22.5. The first kappa shape index (κ1) is 28.6. The summed E-state index contributed by atoms with van der Waals surface area (Å²) >= 11 is 0. The summed E-state index contributed by atoms with van der Waals surface area (Å²) in [7, 11) is 0. The Hall–Kier alpha value is -3.97. The molecule has 200 valence electrons. The Morgan fingerprint density at radius 3 is 1.79 bits per heavy atom. The van der Waals surface area contributed by atoms with Gasteiger partial charge < -0.3 is 5.32 Å². The van der Waals surface area contributed by atoms with Gasteiger partial charge in [-0.3, -0.25) is 24.5 Å². The lowest BCUT2D eigenvalue weighted by atomic mass is 9.73. The van der Waals surface area contributed by atoms with Gasteiger partial charge in [0.2, 0.25) is 11.8 Å². The topological polar surface area (TPSA) is 98.7 Å². The summed E-state index contributed by atoms with van der Waals surface area (Å²) in [6.45, 7) is 8.42. The van der Waals surface area contributed by atoms with Gasteiger partial charge in [0, 0.05) is 29.9 Å². The molecule has 0 aliphatic rings. The highest BCUT2D eigenvalue weighted by Gasteiger charge is 2.31. The third-order valence-electron chi connectivity index (χ3n) is 6.30. The van der Waals surface area contributed by atoms with Gasteiger partial charge in [-0.1, -0.05) is 76.2 Å². The molecule has 0 heterocycles. The van der Waals surface area contributed by atoms with E-state index in [1.54, 1.807) is 22.5 Å². The van der Waals surface area contributed by atoms with E-state index in [1.807, 2.05) is 100 Å². The van der Waals surface area contributed by atoms with Crippen molar-refractivity contribution in [3.05, 3.63) is 96.1 Å². The average molecular weight is 516 g/mol. The Morgan fingerprint density at radius 2 is 1.29 bits per heavy atom. The second-order valence-electron chi connectivity index (χ2n) is 11.2. The number of rotatable bonds is 11. The zero-order valence-corrected chi connectivity index (χ0v) is 22.5. The van der Waals surface area contributed by atoms with Gasteiger partial charge in [-0.2, -0.15) is 0 Å². The molecule has 38 heavy (non-hydrogen) atoms. The van der Waals surface area contributed by atoms with Crippen LogP contribution >= 0.6 is 0 Å². The lowest BCUT2D eigenvalue weighted by Gasteiger charge is -2.34. The Morgan fingerprint density at radius 1 is 0.763 bits per heavy atom. The molecule has 0 aliphatic carbocycles. The van der Waals surface area contributed by atoms with Crippen molar-refractivity contribution in [3.8, 4) is 0 Å². The minimum absolute atomic E-state index is 0.0705. The van der Waals surface area contributed by atoms with Crippen molar-refractivity contribution in [1.82, 2.24) is 10.8 Å². The highest BCUT2D eigenvalue weighted by atomic mass is 16.5. The maximum Gasteiger partial charge on any atom is 0.251 e. The monoisotopic (exact) mass is 515 g/mol. The number of nitrogens with one attached hydrogen (secondary N) is 2. The molecular formula is C31H37N3O4. The molecule has 7 nitrogen and oxygen atoms in total. The molecular weight excluding hydrogens is 478 g/mol. The van der Waals surface area contributed by atoms with Crippen molar-refractivity contribution in [3.63, 3.8) is 0 Å². The van der Waals surface area contributed by atoms with Crippen LogP contribution in [0, 0.1) is 10.8 Å². The molecule has 0 saturated carbocycles. The van der Waals surface area contributed by atoms with E-state index in [1.165, 1.54) is 0 Å². The molecule has 3 aromatic carbocycles. The molecule has 0 fully saturated rings. The second-order valence-corrected chi connectivity index (χ2v) is 11.2. The highest BCUT2D eigenvalue weighted by molar-refractivity contribution is 6.01. The smallest absolute Gasteiger partial charge is 0.251 e. The maximum absolute atomic E-state index is 13.4. The number of carbonyl (C=O) groups excluding carboxylic acids is 3. The van der Waals surface area contributed by atoms with Crippen LogP contribution in [0.4, 0.5) is 11.4 Å². The van der Waals surface area contributed by atoms with Gasteiger partial charge in [0.25, 0.3) is 5.91 Å². The van der Waals surface area contributed by atoms with Gasteiger partial charge in [-0.15, -0.1) is 0 Å². The van der Waals surface area contributed by atoms with Crippen molar-refractivity contribution in [2.45, 2.75) is 47.0 Å². The molecule has 0 saturated heterocycles. The van der Waals surface area contributed by atoms with Crippen LogP contribution in [0.15, 0.2) is 84.9 Å². The van der Waals surface area contributed by atoms with Crippen LogP contribution in [0.3, 0.4) is 0 Å². The molecule has 7 heteroatoms. The maximum atomic E-state index is 13.4. The summed E-state index contributed by atoms with van der Waals surface area (Å²) in [5.74, 6) is -0.694. The standard InChI is InChI=1S/C31H37N3O4/c1-30(2,20-27(35)33-38)21-31(3,4)22-32-29(37)24-17-15-23(16-18-24)19-28(36)34(25-11-7-5-8-12-25)26-13-9-6-10-14-26/h5-18,38H,19-22H2,1-4H3,(H,32,37)(H,33,35). The molecule has 0 aliphatic heterocycles. The Kier molecular flexibility index (Phi) is 9.42. The first-order valence-electron chi connectivity index (χ1n) is 12.7. The van der Waals surface area contributed by atoms with E-state index < -0.39 is 5.91 Å². The van der Waals surface area contributed by atoms with E-state index in [2.05, 4.69) is 5.32 Å². The zero-order chi connectivity index (χ0) is 27.8. The van der Waals surface area contributed by atoms with E-state index in [-0.39, 0.29) is 35.5 Å². The molecule has 3 N–H and O–H groups in total. The SMILES string of the molecule is CC(C)(CNC(=O)c1ccc(CC(=O)N(c2ccccc2)c2ccccc2)cc1)CC(C)(C)CC(=O)NO. The predicted molar refractivity (Wildman–Crippen MR) is 149 cm³/mol. The van der Waals surface area contributed by atoms with Gasteiger partial charge in [0.05, 0.1) is 6.42 Å². The van der Waals surface area contributed by atoms with Crippen molar-refractivity contribution in [2.24, 2.45) is 10.8 Å². The van der Waals surface area contributed by atoms with Crippen LogP contribution < -0.4 is 15.7 Å². The number of carbonyl (C=O) groups is 3. The van der Waals surface area contributed by atoms with Gasteiger partial charge >= 0.3 is 0 Å². The van der Waals surface area contributed by atoms with E-state index in [0.717, 1.165) is 16.9 Å². The van der Waals surface area contributed by atoms with Crippen molar-refractivity contribution < 1.29 is 19.6 Å². The van der Waals surface area contributed by atoms with Gasteiger partial charge in [0.1, 0.15) is 0 Å². The molecule has 0 radical (unpaired) electrons. The third kappa shape index (κ3) is 8.28. The lowest BCUT2D eigenvalue weighted by molar-refractivity contribution is -0.131. The number of anilines is 2. The first-order chi connectivity index (χ1) is 18.0. The fourth-order valence-electron chi connectivity index (χ4n) is 4.94. The lowest BCUT2D eigenvalue weighted by Crippen LogP contribution is -2.38. The minimum Gasteiger partial charge on any atom is -0.352 e. The summed E-state index contributed by atoms with van der Waals surface area (Å²) in [4.78, 5) is 39.5. The molecule has 3 aromatic rings. The predicted octanol–water partition coefficient (Wildman–Crippen LogP) is 5.66. The van der Waals surface area contributed by atoms with Crippen LogP contribution in [0.5, 0.6) is 0 Å². The highest BCUT2D eigenvalue weighted by Crippen LogP contribution is 2.36. The van der Waals surface area contributed by atoms with Crippen molar-refractivity contribution in [1.29, 1.82) is 0 Å². The molecule has 3 rings (SSSR count). The fraction of sp³-hybridized carbons (Fsp3) is 0.323. The first-order valence-corrected chi connectivity index (χ1v) is 12.7. The number of hydroxylamine groups is 1. The largest absolute Gasteiger partial charge is 0.352 e. The van der Waals surface area contributed by atoms with Crippen molar-refractivity contribution in [2.75, 3.05) is 11.4 Å². The molecule has 0 atom stereocenters. The average Bonchev–Trinajstić information content (AvgIpc) is 2.88. The number of hydrogen-bond acceptors (Lipinski definition) is 4. The molecule has 0 unspecified atom stereocenters. The molecule has 3 amide bonds. The molecule has 0 spiro atoms. The van der Waals surface area contributed by atoms with Crippen LogP contribution in [-0.4, -0.2) is 29.5 Å². The summed E-state index contributed by atoms with van der Waals surface area (Å²) in [6.07, 6.45) is 1.05. The van der Waals surface area contributed by atoms with Gasteiger partial charge in [-0.05, 0) is 59.2 Å². The van der Waals surface area contributed by atoms with Crippen molar-refractivity contribution >= 4 is 29.1 Å². The van der Waals surface area contributed by atoms with Crippen LogP contribution in [0.1, 0.15) is 56.5 Å². The van der Waals surface area contributed by atoms with E-state index >= 15 is 0 Å².